The molecule has 0 spiro atoms. The van der Waals surface area contributed by atoms with Gasteiger partial charge in [-0.05, 0) is 50.0 Å². The van der Waals surface area contributed by atoms with Crippen LogP contribution in [0.5, 0.6) is 0 Å². The highest BCUT2D eigenvalue weighted by Gasteiger charge is 2.28. The Morgan fingerprint density at radius 1 is 1.17 bits per heavy atom. The van der Waals surface area contributed by atoms with Gasteiger partial charge in [-0.25, -0.2) is 18.3 Å². The summed E-state index contributed by atoms with van der Waals surface area (Å²) in [6.45, 7) is 7.27. The Kier molecular flexibility index (Phi) is 7.17. The number of hydrogen-bond donors (Lipinski definition) is 1. The van der Waals surface area contributed by atoms with Gasteiger partial charge in [0.25, 0.3) is 12.3 Å². The first kappa shape index (κ1) is 24.6. The van der Waals surface area contributed by atoms with Crippen LogP contribution in [-0.2, 0) is 4.74 Å². The minimum absolute atomic E-state index is 0.0288. The smallest absolute Gasteiger partial charge is 0.284 e. The highest BCUT2D eigenvalue weighted by Crippen LogP contribution is 2.37. The minimum Gasteiger partial charge on any atom is -0.380 e. The largest absolute Gasteiger partial charge is 0.380 e. The zero-order valence-electron chi connectivity index (χ0n) is 20.7. The third-order valence-electron chi connectivity index (χ3n) is 7.42. The van der Waals surface area contributed by atoms with Gasteiger partial charge < -0.3 is 15.0 Å². The van der Waals surface area contributed by atoms with Gasteiger partial charge in [0.1, 0.15) is 11.4 Å². The fourth-order valence-corrected chi connectivity index (χ4v) is 5.24. The van der Waals surface area contributed by atoms with Crippen LogP contribution in [0, 0.1) is 11.8 Å². The molecule has 1 N–H and O–H groups in total. The molecule has 11 heteroatoms. The zero-order valence-corrected chi connectivity index (χ0v) is 20.7. The van der Waals surface area contributed by atoms with Gasteiger partial charge in [0.05, 0.1) is 24.5 Å². The van der Waals surface area contributed by atoms with Crippen molar-refractivity contribution in [2.75, 3.05) is 36.5 Å². The number of alkyl halides is 2. The summed E-state index contributed by atoms with van der Waals surface area (Å²) in [5.74, 6) is 1.45. The van der Waals surface area contributed by atoms with Gasteiger partial charge in [0.15, 0.2) is 11.3 Å². The molecule has 4 heterocycles. The molecule has 3 aromatic rings. The number of hydrogen-bond acceptors (Lipinski definition) is 6. The monoisotopic (exact) mass is 501 g/mol. The second kappa shape index (κ2) is 10.5. The first-order valence-corrected chi connectivity index (χ1v) is 12.8. The third kappa shape index (κ3) is 5.07. The molecule has 9 nitrogen and oxygen atoms in total. The van der Waals surface area contributed by atoms with Crippen molar-refractivity contribution in [3.8, 4) is 0 Å². The molecule has 0 atom stereocenters. The summed E-state index contributed by atoms with van der Waals surface area (Å²) in [5.41, 5.74) is 0.201. The van der Waals surface area contributed by atoms with Crippen molar-refractivity contribution in [1.82, 2.24) is 24.4 Å². The van der Waals surface area contributed by atoms with E-state index >= 15 is 0 Å². The maximum absolute atomic E-state index is 13.8. The van der Waals surface area contributed by atoms with Gasteiger partial charge in [0, 0.05) is 32.1 Å². The summed E-state index contributed by atoms with van der Waals surface area (Å²) in [6, 6.07) is 1.90. The van der Waals surface area contributed by atoms with Crippen molar-refractivity contribution in [1.29, 1.82) is 0 Å². The summed E-state index contributed by atoms with van der Waals surface area (Å²) in [6.07, 6.45) is 6.67. The average molecular weight is 502 g/mol. The molecule has 3 aromatic heterocycles. The van der Waals surface area contributed by atoms with Gasteiger partial charge in [-0.1, -0.05) is 13.8 Å². The van der Waals surface area contributed by atoms with Gasteiger partial charge >= 0.3 is 0 Å². The third-order valence-corrected chi connectivity index (χ3v) is 7.42. The van der Waals surface area contributed by atoms with Gasteiger partial charge in [-0.3, -0.25) is 9.48 Å². The summed E-state index contributed by atoms with van der Waals surface area (Å²) in [4.78, 5) is 20.0. The predicted molar refractivity (Wildman–Crippen MR) is 132 cm³/mol. The fourth-order valence-electron chi connectivity index (χ4n) is 5.24. The summed E-state index contributed by atoms with van der Waals surface area (Å²) < 4.78 is 36.3. The van der Waals surface area contributed by atoms with E-state index in [9.17, 15) is 13.6 Å². The molecule has 2 fully saturated rings. The molecule has 2 aliphatic rings. The van der Waals surface area contributed by atoms with Crippen LogP contribution in [0.4, 0.5) is 20.3 Å². The van der Waals surface area contributed by atoms with E-state index < -0.39 is 18.0 Å². The van der Waals surface area contributed by atoms with Crippen molar-refractivity contribution >= 4 is 23.1 Å². The SMILES string of the molecule is CC(C)[C@H]1CC[C@H](n2cc(NC(=O)c3cnn4ccc(N5CCCOCC5)nc34)c(C(F)F)n2)CC1. The Morgan fingerprint density at radius 3 is 2.72 bits per heavy atom. The zero-order chi connectivity index (χ0) is 25.2. The fraction of sp³-hybridized carbons (Fsp3) is 0.600. The topological polar surface area (TPSA) is 89.6 Å². The van der Waals surface area contributed by atoms with E-state index in [0.29, 0.717) is 37.2 Å². The average Bonchev–Trinajstić information content (AvgIpc) is 3.39. The first-order valence-electron chi connectivity index (χ1n) is 12.8. The number of nitrogens with one attached hydrogen (secondary N) is 1. The van der Waals surface area contributed by atoms with E-state index in [-0.39, 0.29) is 17.3 Å². The van der Waals surface area contributed by atoms with E-state index in [0.717, 1.165) is 44.5 Å². The van der Waals surface area contributed by atoms with Gasteiger partial charge in [0.2, 0.25) is 0 Å². The van der Waals surface area contributed by atoms with E-state index in [1.54, 1.807) is 17.1 Å². The van der Waals surface area contributed by atoms with Crippen LogP contribution >= 0.6 is 0 Å². The van der Waals surface area contributed by atoms with E-state index in [1.165, 1.54) is 10.7 Å². The minimum atomic E-state index is -2.80. The summed E-state index contributed by atoms with van der Waals surface area (Å²) in [5, 5.41) is 11.1. The van der Waals surface area contributed by atoms with Crippen molar-refractivity contribution in [2.24, 2.45) is 11.8 Å². The molecule has 0 bridgehead atoms. The highest BCUT2D eigenvalue weighted by molar-refractivity contribution is 6.08. The molecule has 0 aromatic carbocycles. The molecule has 5 rings (SSSR count). The Balaban J connectivity index is 1.36. The van der Waals surface area contributed by atoms with Crippen LogP contribution in [0.1, 0.15) is 74.5 Å². The van der Waals surface area contributed by atoms with Crippen LogP contribution < -0.4 is 10.2 Å². The lowest BCUT2D eigenvalue weighted by atomic mass is 9.80. The lowest BCUT2D eigenvalue weighted by Gasteiger charge is -2.30. The molecule has 1 amide bonds. The van der Waals surface area contributed by atoms with Crippen LogP contribution in [-0.4, -0.2) is 56.6 Å². The van der Waals surface area contributed by atoms with Crippen molar-refractivity contribution in [3.05, 3.63) is 35.9 Å². The lowest BCUT2D eigenvalue weighted by molar-refractivity contribution is 0.102. The number of amides is 1. The number of nitrogens with zero attached hydrogens (tertiary/aromatic N) is 6. The normalized spacial score (nSPS) is 21.3. The summed E-state index contributed by atoms with van der Waals surface area (Å²) in [7, 11) is 0. The van der Waals surface area contributed by atoms with Gasteiger partial charge in [-0.15, -0.1) is 0 Å². The maximum atomic E-state index is 13.8. The number of fused-ring (bicyclic) bond motifs is 1. The molecule has 1 aliphatic carbocycles. The number of rotatable bonds is 6. The second-order valence-corrected chi connectivity index (χ2v) is 10.0. The van der Waals surface area contributed by atoms with E-state index in [2.05, 4.69) is 39.2 Å². The van der Waals surface area contributed by atoms with Crippen LogP contribution in [0.25, 0.3) is 5.65 Å². The lowest BCUT2D eigenvalue weighted by Crippen LogP contribution is -2.27. The Bertz CT molecular complexity index is 1190. The highest BCUT2D eigenvalue weighted by atomic mass is 19.3. The second-order valence-electron chi connectivity index (χ2n) is 10.0. The molecule has 1 saturated carbocycles. The number of ether oxygens (including phenoxy) is 1. The van der Waals surface area contributed by atoms with Crippen LogP contribution in [0.3, 0.4) is 0 Å². The Labute approximate surface area is 208 Å². The predicted octanol–water partition coefficient (Wildman–Crippen LogP) is 4.73. The maximum Gasteiger partial charge on any atom is 0.284 e. The van der Waals surface area contributed by atoms with Crippen molar-refractivity contribution < 1.29 is 18.3 Å². The molecule has 0 radical (unpaired) electrons. The molecular formula is C25H33F2N7O2. The standard InChI is InChI=1S/C25H33F2N7O2/c1-16(2)17-4-6-18(7-5-17)34-15-20(22(31-34)23(26)27)29-25(35)19-14-28-33-10-8-21(30-24(19)33)32-9-3-12-36-13-11-32/h8,10,14-18,23H,3-7,9,11-13H2,1-2H3,(H,29,35)/t17-,18-. The number of anilines is 2. The molecule has 0 unspecified atom stereocenters. The van der Waals surface area contributed by atoms with Crippen molar-refractivity contribution in [2.45, 2.75) is 58.4 Å². The number of carbonyl (C=O) groups is 1. The number of aromatic nitrogens is 5. The first-order chi connectivity index (χ1) is 17.4. The Morgan fingerprint density at radius 2 is 1.97 bits per heavy atom. The number of carbonyl (C=O) groups excluding carboxylic acids is 1. The van der Waals surface area contributed by atoms with Gasteiger partial charge in [-0.2, -0.15) is 10.2 Å². The molecule has 1 aliphatic heterocycles. The molecular weight excluding hydrogens is 468 g/mol. The van der Waals surface area contributed by atoms with E-state index in [4.69, 9.17) is 4.74 Å². The quantitative estimate of drug-likeness (QED) is 0.525. The van der Waals surface area contributed by atoms with E-state index in [1.807, 2.05) is 6.07 Å². The summed E-state index contributed by atoms with van der Waals surface area (Å²) >= 11 is 0. The molecule has 194 valence electrons. The Hall–Kier alpha value is -3.08. The van der Waals surface area contributed by atoms with Crippen LogP contribution in [0.2, 0.25) is 0 Å². The molecule has 1 saturated heterocycles. The number of halogens is 2. The van der Waals surface area contributed by atoms with Crippen molar-refractivity contribution in [3.63, 3.8) is 0 Å². The molecule has 36 heavy (non-hydrogen) atoms. The van der Waals surface area contributed by atoms with Crippen LogP contribution in [0.15, 0.2) is 24.7 Å².